The second kappa shape index (κ2) is 11.7. The van der Waals surface area contributed by atoms with Gasteiger partial charge in [-0.05, 0) is 68.3 Å². The molecule has 220 valence electrons. The minimum absolute atomic E-state index is 0.0221. The van der Waals surface area contributed by atoms with Crippen LogP contribution in [0.5, 0.6) is 0 Å². The Labute approximate surface area is 246 Å². The second-order valence-electron chi connectivity index (χ2n) is 11.7. The molecule has 2 aliphatic rings. The molecule has 0 radical (unpaired) electrons. The molecule has 1 aliphatic heterocycles. The highest BCUT2D eigenvalue weighted by molar-refractivity contribution is 7.89. The van der Waals surface area contributed by atoms with Crippen molar-refractivity contribution in [1.29, 1.82) is 5.41 Å². The number of nitrogens with zero attached hydrogens (tertiary/aromatic N) is 3. The van der Waals surface area contributed by atoms with E-state index in [2.05, 4.69) is 10.3 Å². The van der Waals surface area contributed by atoms with Gasteiger partial charge in [-0.3, -0.25) is 9.78 Å². The molecular formula is C31H35N5O5S. The van der Waals surface area contributed by atoms with E-state index >= 15 is 0 Å². The van der Waals surface area contributed by atoms with Crippen LogP contribution in [-0.2, 0) is 27.8 Å². The topological polar surface area (TPSA) is 133 Å². The number of ether oxygens (including phenoxy) is 1. The molecule has 10 nitrogen and oxygen atoms in total. The van der Waals surface area contributed by atoms with Crippen molar-refractivity contribution in [3.05, 3.63) is 95.3 Å². The quantitative estimate of drug-likeness (QED) is 0.362. The molecule has 0 spiro atoms. The third-order valence-corrected chi connectivity index (χ3v) is 9.27. The summed E-state index contributed by atoms with van der Waals surface area (Å²) in [6.45, 7) is 6.80. The number of carbonyl (C=O) groups excluding carboxylic acids is 2. The highest BCUT2D eigenvalue weighted by Gasteiger charge is 2.58. The van der Waals surface area contributed by atoms with Gasteiger partial charge in [-0.25, -0.2) is 13.2 Å². The van der Waals surface area contributed by atoms with Gasteiger partial charge in [0.1, 0.15) is 5.60 Å². The predicted octanol–water partition coefficient (Wildman–Crippen LogP) is 4.07. The molecule has 5 rings (SSSR count). The Morgan fingerprint density at radius 1 is 1.02 bits per heavy atom. The fourth-order valence-electron chi connectivity index (χ4n) is 5.20. The number of hydrogen-bond donors (Lipinski definition) is 2. The Balaban J connectivity index is 1.23. The van der Waals surface area contributed by atoms with Crippen LogP contribution >= 0.6 is 0 Å². The van der Waals surface area contributed by atoms with Crippen molar-refractivity contribution in [3.8, 4) is 0 Å². The van der Waals surface area contributed by atoms with Crippen LogP contribution in [0.25, 0.3) is 0 Å². The highest BCUT2D eigenvalue weighted by Crippen LogP contribution is 2.46. The molecule has 42 heavy (non-hydrogen) atoms. The number of likely N-dealkylation sites (tertiary alicyclic amines) is 1. The van der Waals surface area contributed by atoms with E-state index in [1.807, 2.05) is 26.8 Å². The molecule has 2 amide bonds. The molecule has 1 saturated heterocycles. The lowest BCUT2D eigenvalue weighted by Gasteiger charge is -2.26. The number of piperidine rings is 1. The Kier molecular flexibility index (Phi) is 8.16. The van der Waals surface area contributed by atoms with Crippen molar-refractivity contribution in [3.63, 3.8) is 0 Å². The Hall–Kier alpha value is -4.09. The number of rotatable bonds is 9. The zero-order valence-electron chi connectivity index (χ0n) is 23.9. The Bertz CT molecular complexity index is 1540. The molecule has 1 saturated carbocycles. The molecule has 3 atom stereocenters. The maximum Gasteiger partial charge on any atom is 0.410 e. The molecule has 2 N–H and O–H groups in total. The summed E-state index contributed by atoms with van der Waals surface area (Å²) < 4.78 is 34.0. The van der Waals surface area contributed by atoms with E-state index in [0.717, 1.165) is 11.8 Å². The van der Waals surface area contributed by atoms with E-state index in [1.54, 1.807) is 59.6 Å². The molecule has 0 bridgehead atoms. The number of benzene rings is 2. The van der Waals surface area contributed by atoms with Crippen molar-refractivity contribution in [2.45, 2.75) is 50.4 Å². The largest absolute Gasteiger partial charge is 0.444 e. The number of pyridine rings is 1. The van der Waals surface area contributed by atoms with E-state index in [0.29, 0.717) is 29.9 Å². The van der Waals surface area contributed by atoms with E-state index in [1.165, 1.54) is 16.4 Å². The van der Waals surface area contributed by atoms with Gasteiger partial charge < -0.3 is 20.4 Å². The summed E-state index contributed by atoms with van der Waals surface area (Å²) in [5.74, 6) is 0.243. The fraction of sp³-hybridized carbons (Fsp3) is 0.355. The summed E-state index contributed by atoms with van der Waals surface area (Å²) >= 11 is 0. The van der Waals surface area contributed by atoms with Gasteiger partial charge in [0.05, 0.1) is 17.1 Å². The second-order valence-corrected chi connectivity index (χ2v) is 13.7. The SMILES string of the molecule is CC(C)(C)OC(=O)N1C[C@@H]2C(NC(=O)c3ccc(CN(Cc4ccccn4)S(=O)(=O)c4ccc(C=N)cc4)cc3)[C@@H]2C1. The average Bonchev–Trinajstić information content (AvgIpc) is 3.38. The summed E-state index contributed by atoms with van der Waals surface area (Å²) in [7, 11) is -3.88. The number of amides is 2. The van der Waals surface area contributed by atoms with Crippen LogP contribution in [-0.4, -0.2) is 65.6 Å². The van der Waals surface area contributed by atoms with E-state index < -0.39 is 15.6 Å². The Morgan fingerprint density at radius 2 is 1.69 bits per heavy atom. The molecule has 2 heterocycles. The standard InChI is InChI=1S/C31H35N5O5S/c1-31(2,3)41-30(38)35-19-26-27(20-35)28(26)34-29(37)23-11-7-22(8-12-23)17-36(18-24-6-4-5-15-33-24)42(39,40)25-13-9-21(16-32)10-14-25/h4-16,26-28,32H,17-20H2,1-3H3,(H,34,37)/t26-,27+,28?. The van der Waals surface area contributed by atoms with Crippen LogP contribution in [0.3, 0.4) is 0 Å². The molecular weight excluding hydrogens is 554 g/mol. The smallest absolute Gasteiger partial charge is 0.410 e. The number of fused-ring (bicyclic) bond motifs is 1. The molecule has 1 aliphatic carbocycles. The van der Waals surface area contributed by atoms with Gasteiger partial charge in [0.25, 0.3) is 5.91 Å². The van der Waals surface area contributed by atoms with E-state index in [9.17, 15) is 18.0 Å². The van der Waals surface area contributed by atoms with Crippen molar-refractivity contribution < 1.29 is 22.7 Å². The van der Waals surface area contributed by atoms with Gasteiger partial charge >= 0.3 is 6.09 Å². The molecule has 11 heteroatoms. The van der Waals surface area contributed by atoms with Crippen LogP contribution in [0.2, 0.25) is 0 Å². The maximum atomic E-state index is 13.6. The van der Waals surface area contributed by atoms with Gasteiger partial charge in [-0.15, -0.1) is 0 Å². The predicted molar refractivity (Wildman–Crippen MR) is 157 cm³/mol. The number of sulfonamides is 1. The summed E-state index contributed by atoms with van der Waals surface area (Å²) in [5.41, 5.74) is 1.87. The van der Waals surface area contributed by atoms with Gasteiger partial charge in [-0.2, -0.15) is 4.31 Å². The average molecular weight is 590 g/mol. The van der Waals surface area contributed by atoms with Crippen molar-refractivity contribution >= 4 is 28.2 Å². The third-order valence-electron chi connectivity index (χ3n) is 7.47. The van der Waals surface area contributed by atoms with Gasteiger partial charge in [0.15, 0.2) is 0 Å². The van der Waals surface area contributed by atoms with E-state index in [-0.39, 0.29) is 47.9 Å². The van der Waals surface area contributed by atoms with Crippen LogP contribution < -0.4 is 5.32 Å². The highest BCUT2D eigenvalue weighted by atomic mass is 32.2. The van der Waals surface area contributed by atoms with Crippen molar-refractivity contribution in [2.75, 3.05) is 13.1 Å². The van der Waals surface area contributed by atoms with Crippen molar-refractivity contribution in [1.82, 2.24) is 19.5 Å². The maximum absolute atomic E-state index is 13.6. The number of nitrogens with one attached hydrogen (secondary N) is 2. The molecule has 3 aromatic rings. The molecule has 2 fully saturated rings. The first-order valence-electron chi connectivity index (χ1n) is 13.8. The van der Waals surface area contributed by atoms with Crippen LogP contribution in [0.1, 0.15) is 48.0 Å². The first kappa shape index (κ1) is 29.4. The zero-order valence-corrected chi connectivity index (χ0v) is 24.7. The van der Waals surface area contributed by atoms with Gasteiger partial charge in [0.2, 0.25) is 10.0 Å². The zero-order chi connectivity index (χ0) is 30.1. The lowest BCUT2D eigenvalue weighted by Crippen LogP contribution is -2.40. The molecule has 1 aromatic heterocycles. The minimum atomic E-state index is -3.88. The van der Waals surface area contributed by atoms with Crippen molar-refractivity contribution in [2.24, 2.45) is 11.8 Å². The first-order chi connectivity index (χ1) is 19.9. The van der Waals surface area contributed by atoms with Crippen LogP contribution in [0.4, 0.5) is 4.79 Å². The van der Waals surface area contributed by atoms with Gasteiger partial charge in [0, 0.05) is 55.5 Å². The monoisotopic (exact) mass is 589 g/mol. The summed E-state index contributed by atoms with van der Waals surface area (Å²) in [5, 5.41) is 10.5. The summed E-state index contributed by atoms with van der Waals surface area (Å²) in [6, 6.07) is 18.4. The lowest BCUT2D eigenvalue weighted by atomic mass is 10.1. The van der Waals surface area contributed by atoms with Crippen LogP contribution in [0.15, 0.2) is 77.8 Å². The third kappa shape index (κ3) is 6.69. The van der Waals surface area contributed by atoms with Gasteiger partial charge in [-0.1, -0.05) is 30.3 Å². The number of carbonyl (C=O) groups is 2. The first-order valence-corrected chi connectivity index (χ1v) is 15.3. The molecule has 1 unspecified atom stereocenters. The Morgan fingerprint density at radius 3 is 2.26 bits per heavy atom. The fourth-order valence-corrected chi connectivity index (χ4v) is 6.60. The minimum Gasteiger partial charge on any atom is -0.444 e. The number of aromatic nitrogens is 1. The normalized spacial score (nSPS) is 19.7. The molecule has 2 aromatic carbocycles. The summed E-state index contributed by atoms with van der Waals surface area (Å²) in [6.07, 6.45) is 2.46. The lowest BCUT2D eigenvalue weighted by molar-refractivity contribution is 0.0270. The summed E-state index contributed by atoms with van der Waals surface area (Å²) in [4.78, 5) is 31.4. The van der Waals surface area contributed by atoms with E-state index in [4.69, 9.17) is 10.1 Å². The number of hydrogen-bond acceptors (Lipinski definition) is 7. The van der Waals surface area contributed by atoms with Crippen LogP contribution in [0, 0.1) is 17.2 Å².